The van der Waals surface area contributed by atoms with E-state index in [1.807, 2.05) is 6.07 Å². The van der Waals surface area contributed by atoms with Crippen molar-refractivity contribution in [1.29, 1.82) is 0 Å². The Morgan fingerprint density at radius 1 is 1.16 bits per heavy atom. The summed E-state index contributed by atoms with van der Waals surface area (Å²) in [7, 11) is 3.11. The van der Waals surface area contributed by atoms with Crippen LogP contribution in [0.2, 0.25) is 0 Å². The Morgan fingerprint density at radius 2 is 1.88 bits per heavy atom. The van der Waals surface area contributed by atoms with E-state index >= 15 is 0 Å². The van der Waals surface area contributed by atoms with Gasteiger partial charge in [-0.3, -0.25) is 0 Å². The van der Waals surface area contributed by atoms with Gasteiger partial charge >= 0.3 is 6.03 Å². The minimum atomic E-state index is -0.290. The maximum Gasteiger partial charge on any atom is 0.322 e. The summed E-state index contributed by atoms with van der Waals surface area (Å²) < 4.78 is 24.0. The summed E-state index contributed by atoms with van der Waals surface area (Å²) in [5, 5.41) is 2.88. The van der Waals surface area contributed by atoms with E-state index in [0.29, 0.717) is 23.7 Å². The molecule has 0 spiro atoms. The van der Waals surface area contributed by atoms with Crippen LogP contribution >= 0.6 is 0 Å². The van der Waals surface area contributed by atoms with Crippen molar-refractivity contribution in [3.63, 3.8) is 0 Å². The molecule has 1 N–H and O–H groups in total. The molecule has 132 valence electrons. The zero-order valence-electron chi connectivity index (χ0n) is 14.3. The van der Waals surface area contributed by atoms with Crippen LogP contribution in [0.25, 0.3) is 0 Å². The summed E-state index contributed by atoms with van der Waals surface area (Å²) in [6.07, 6.45) is 1.70. The molecule has 3 rings (SSSR count). The van der Waals surface area contributed by atoms with E-state index in [-0.39, 0.29) is 17.9 Å². The lowest BCUT2D eigenvalue weighted by atomic mass is 10.0. The van der Waals surface area contributed by atoms with Crippen LogP contribution in [-0.2, 0) is 0 Å². The molecule has 6 heteroatoms. The Balaban J connectivity index is 1.78. The van der Waals surface area contributed by atoms with Crippen molar-refractivity contribution in [1.82, 2.24) is 4.90 Å². The van der Waals surface area contributed by atoms with Crippen molar-refractivity contribution in [2.45, 2.75) is 18.9 Å². The second kappa shape index (κ2) is 7.42. The lowest BCUT2D eigenvalue weighted by Gasteiger charge is -2.25. The van der Waals surface area contributed by atoms with E-state index < -0.39 is 0 Å². The number of methoxy groups -OCH3 is 2. The predicted octanol–water partition coefficient (Wildman–Crippen LogP) is 4.21. The maximum absolute atomic E-state index is 13.5. The van der Waals surface area contributed by atoms with E-state index in [0.717, 1.165) is 18.4 Å². The number of ether oxygens (including phenoxy) is 2. The summed E-state index contributed by atoms with van der Waals surface area (Å²) in [6, 6.07) is 11.3. The number of likely N-dealkylation sites (tertiary alicyclic amines) is 1. The van der Waals surface area contributed by atoms with Crippen molar-refractivity contribution in [3.05, 3.63) is 53.8 Å². The average molecular weight is 344 g/mol. The van der Waals surface area contributed by atoms with E-state index in [1.54, 1.807) is 43.4 Å². The lowest BCUT2D eigenvalue weighted by molar-refractivity contribution is 0.207. The first kappa shape index (κ1) is 17.1. The van der Waals surface area contributed by atoms with Gasteiger partial charge < -0.3 is 19.7 Å². The minimum Gasteiger partial charge on any atom is -0.497 e. The number of urea groups is 1. The molecule has 2 amide bonds. The van der Waals surface area contributed by atoms with Crippen LogP contribution in [0.3, 0.4) is 0 Å². The van der Waals surface area contributed by atoms with Gasteiger partial charge in [-0.05, 0) is 30.5 Å². The van der Waals surface area contributed by atoms with Crippen LogP contribution in [0, 0.1) is 5.82 Å². The topological polar surface area (TPSA) is 50.8 Å². The van der Waals surface area contributed by atoms with Crippen molar-refractivity contribution < 1.29 is 18.7 Å². The molecule has 0 saturated carbocycles. The summed E-state index contributed by atoms with van der Waals surface area (Å²) >= 11 is 0. The van der Waals surface area contributed by atoms with Gasteiger partial charge in [0.2, 0.25) is 0 Å². The molecular weight excluding hydrogens is 323 g/mol. The third kappa shape index (κ3) is 3.84. The third-order valence-corrected chi connectivity index (χ3v) is 4.35. The quantitative estimate of drug-likeness (QED) is 0.904. The van der Waals surface area contributed by atoms with Gasteiger partial charge in [0.15, 0.2) is 0 Å². The SMILES string of the molecule is COc1cc(NC(=O)N2CCC[C@H]2c2cccc(F)c2)cc(OC)c1. The van der Waals surface area contributed by atoms with Gasteiger partial charge in [-0.1, -0.05) is 12.1 Å². The maximum atomic E-state index is 13.5. The molecule has 1 aliphatic rings. The van der Waals surface area contributed by atoms with Crippen LogP contribution < -0.4 is 14.8 Å². The number of hydrogen-bond donors (Lipinski definition) is 1. The number of anilines is 1. The first-order chi connectivity index (χ1) is 12.1. The second-order valence-corrected chi connectivity index (χ2v) is 5.94. The first-order valence-corrected chi connectivity index (χ1v) is 8.17. The summed E-state index contributed by atoms with van der Waals surface area (Å²) in [5.41, 5.74) is 1.40. The molecule has 2 aromatic rings. The van der Waals surface area contributed by atoms with Gasteiger partial charge in [0.1, 0.15) is 17.3 Å². The molecule has 0 radical (unpaired) electrons. The predicted molar refractivity (Wildman–Crippen MR) is 93.6 cm³/mol. The van der Waals surface area contributed by atoms with Crippen molar-refractivity contribution in [2.24, 2.45) is 0 Å². The second-order valence-electron chi connectivity index (χ2n) is 5.94. The lowest BCUT2D eigenvalue weighted by Crippen LogP contribution is -2.34. The van der Waals surface area contributed by atoms with Crippen molar-refractivity contribution in [3.8, 4) is 11.5 Å². The fourth-order valence-corrected chi connectivity index (χ4v) is 3.15. The normalized spacial score (nSPS) is 16.6. The molecule has 0 aromatic heterocycles. The highest BCUT2D eigenvalue weighted by molar-refractivity contribution is 5.90. The molecular formula is C19H21FN2O3. The number of carbonyl (C=O) groups is 1. The summed E-state index contributed by atoms with van der Waals surface area (Å²) in [5.74, 6) is 0.901. The Labute approximate surface area is 146 Å². The van der Waals surface area contributed by atoms with Crippen molar-refractivity contribution >= 4 is 11.7 Å². The zero-order valence-corrected chi connectivity index (χ0v) is 14.3. The molecule has 2 aromatic carbocycles. The van der Waals surface area contributed by atoms with E-state index in [4.69, 9.17) is 9.47 Å². The number of halogens is 1. The van der Waals surface area contributed by atoms with E-state index in [9.17, 15) is 9.18 Å². The highest BCUT2D eigenvalue weighted by atomic mass is 19.1. The van der Waals surface area contributed by atoms with E-state index in [2.05, 4.69) is 5.32 Å². The van der Waals surface area contributed by atoms with Gasteiger partial charge in [0, 0.05) is 30.4 Å². The largest absolute Gasteiger partial charge is 0.497 e. The molecule has 1 aliphatic heterocycles. The third-order valence-electron chi connectivity index (χ3n) is 4.35. The number of nitrogens with one attached hydrogen (secondary N) is 1. The molecule has 1 fully saturated rings. The van der Waals surface area contributed by atoms with Gasteiger partial charge in [0.05, 0.1) is 20.3 Å². The van der Waals surface area contributed by atoms with E-state index in [1.165, 1.54) is 12.1 Å². The van der Waals surface area contributed by atoms with Gasteiger partial charge in [-0.15, -0.1) is 0 Å². The molecule has 1 heterocycles. The van der Waals surface area contributed by atoms with Crippen LogP contribution in [-0.4, -0.2) is 31.7 Å². The van der Waals surface area contributed by atoms with Crippen LogP contribution in [0.4, 0.5) is 14.9 Å². The number of rotatable bonds is 4. The monoisotopic (exact) mass is 344 g/mol. The summed E-state index contributed by atoms with van der Waals surface area (Å²) in [4.78, 5) is 14.5. The Kier molecular flexibility index (Phi) is 5.07. The molecule has 0 unspecified atom stereocenters. The van der Waals surface area contributed by atoms with Crippen LogP contribution in [0.5, 0.6) is 11.5 Å². The molecule has 5 nitrogen and oxygen atoms in total. The van der Waals surface area contributed by atoms with Crippen LogP contribution in [0.15, 0.2) is 42.5 Å². The molecule has 0 bridgehead atoms. The number of nitrogens with zero attached hydrogens (tertiary/aromatic N) is 1. The standard InChI is InChI=1S/C19H21FN2O3/c1-24-16-10-15(11-17(12-16)25-2)21-19(23)22-8-4-7-18(22)13-5-3-6-14(20)9-13/h3,5-6,9-12,18H,4,7-8H2,1-2H3,(H,21,23)/t18-/m0/s1. The number of hydrogen-bond acceptors (Lipinski definition) is 3. The number of carbonyl (C=O) groups excluding carboxylic acids is 1. The highest BCUT2D eigenvalue weighted by Gasteiger charge is 2.30. The molecule has 1 atom stereocenters. The highest BCUT2D eigenvalue weighted by Crippen LogP contribution is 2.33. The summed E-state index contributed by atoms with van der Waals surface area (Å²) in [6.45, 7) is 0.633. The van der Waals surface area contributed by atoms with Gasteiger partial charge in [-0.25, -0.2) is 9.18 Å². The smallest absolute Gasteiger partial charge is 0.322 e. The Hall–Kier alpha value is -2.76. The minimum absolute atomic E-state index is 0.122. The molecule has 0 aliphatic carbocycles. The Bertz CT molecular complexity index is 744. The Morgan fingerprint density at radius 3 is 2.52 bits per heavy atom. The molecule has 1 saturated heterocycles. The van der Waals surface area contributed by atoms with Crippen molar-refractivity contribution in [2.75, 3.05) is 26.1 Å². The first-order valence-electron chi connectivity index (χ1n) is 8.17. The molecule has 25 heavy (non-hydrogen) atoms. The van der Waals surface area contributed by atoms with Gasteiger partial charge in [-0.2, -0.15) is 0 Å². The van der Waals surface area contributed by atoms with Crippen LogP contribution in [0.1, 0.15) is 24.4 Å². The fraction of sp³-hybridized carbons (Fsp3) is 0.316. The zero-order chi connectivity index (χ0) is 17.8. The number of benzene rings is 2. The fourth-order valence-electron chi connectivity index (χ4n) is 3.15. The number of amides is 2. The average Bonchev–Trinajstić information content (AvgIpc) is 3.11. The van der Waals surface area contributed by atoms with Gasteiger partial charge in [0.25, 0.3) is 0 Å².